The smallest absolute Gasteiger partial charge is 0.325 e. The summed E-state index contributed by atoms with van der Waals surface area (Å²) in [4.78, 5) is 28.1. The number of thiazole rings is 1. The van der Waals surface area contributed by atoms with E-state index in [1.54, 1.807) is 18.6 Å². The number of carbonyl (C=O) groups is 2. The number of rotatable bonds is 7. The summed E-state index contributed by atoms with van der Waals surface area (Å²) in [5.74, 6) is -1.24. The van der Waals surface area contributed by atoms with Crippen molar-refractivity contribution in [2.75, 3.05) is 13.7 Å². The quantitative estimate of drug-likeness (QED) is 0.615. The molecule has 0 aliphatic rings. The van der Waals surface area contributed by atoms with E-state index < -0.39 is 17.7 Å². The second-order valence-corrected chi connectivity index (χ2v) is 6.56. The molecule has 1 N–H and O–H groups in total. The zero-order valence-corrected chi connectivity index (χ0v) is 15.8. The molecule has 0 fully saturated rings. The van der Waals surface area contributed by atoms with Gasteiger partial charge < -0.3 is 14.8 Å². The van der Waals surface area contributed by atoms with Crippen molar-refractivity contribution in [1.82, 2.24) is 10.3 Å². The summed E-state index contributed by atoms with van der Waals surface area (Å²) in [5, 5.41) is 4.90. The van der Waals surface area contributed by atoms with Crippen molar-refractivity contribution < 1.29 is 23.5 Å². The molecule has 2 aromatic carbocycles. The van der Waals surface area contributed by atoms with Crippen LogP contribution in [0.1, 0.15) is 16.1 Å². The van der Waals surface area contributed by atoms with Gasteiger partial charge in [-0.1, -0.05) is 24.3 Å². The van der Waals surface area contributed by atoms with Gasteiger partial charge in [0.15, 0.2) is 0 Å². The third kappa shape index (κ3) is 4.92. The second-order valence-electron chi connectivity index (χ2n) is 5.70. The first kappa shape index (κ1) is 19.5. The van der Waals surface area contributed by atoms with Crippen molar-refractivity contribution in [3.63, 3.8) is 0 Å². The van der Waals surface area contributed by atoms with Crippen molar-refractivity contribution in [3.05, 3.63) is 71.0 Å². The van der Waals surface area contributed by atoms with Gasteiger partial charge in [0, 0.05) is 10.9 Å². The van der Waals surface area contributed by atoms with Crippen LogP contribution >= 0.6 is 11.3 Å². The van der Waals surface area contributed by atoms with E-state index in [9.17, 15) is 14.0 Å². The summed E-state index contributed by atoms with van der Waals surface area (Å²) >= 11 is 1.42. The van der Waals surface area contributed by atoms with Crippen LogP contribution in [0.15, 0.2) is 53.9 Å². The number of amides is 1. The Hall–Kier alpha value is -3.26. The summed E-state index contributed by atoms with van der Waals surface area (Å²) in [5.41, 5.74) is 1.37. The lowest BCUT2D eigenvalue weighted by Crippen LogP contribution is -2.31. The van der Waals surface area contributed by atoms with E-state index in [2.05, 4.69) is 10.3 Å². The van der Waals surface area contributed by atoms with Crippen LogP contribution in [-0.2, 0) is 16.1 Å². The second kappa shape index (κ2) is 9.09. The fourth-order valence-electron chi connectivity index (χ4n) is 2.36. The van der Waals surface area contributed by atoms with Gasteiger partial charge in [0.1, 0.15) is 29.7 Å². The maximum atomic E-state index is 13.5. The standard InChI is InChI=1S/C20H17FN2O4S/c1-26-15-6-4-5-13(9-15)20-23-14(12-28-20)11-27-18(24)10-22-19(25)16-7-2-3-8-17(16)21/h2-9,12H,10-11H2,1H3,(H,22,25). The van der Waals surface area contributed by atoms with Crippen molar-refractivity contribution in [2.24, 2.45) is 0 Å². The monoisotopic (exact) mass is 400 g/mol. The van der Waals surface area contributed by atoms with Crippen molar-refractivity contribution in [3.8, 4) is 16.3 Å². The predicted molar refractivity (Wildman–Crippen MR) is 103 cm³/mol. The molecule has 3 aromatic rings. The van der Waals surface area contributed by atoms with Crippen LogP contribution in [-0.4, -0.2) is 30.5 Å². The van der Waals surface area contributed by atoms with E-state index in [1.165, 1.54) is 29.5 Å². The highest BCUT2D eigenvalue weighted by molar-refractivity contribution is 7.13. The lowest BCUT2D eigenvalue weighted by atomic mass is 10.2. The van der Waals surface area contributed by atoms with Gasteiger partial charge in [-0.3, -0.25) is 9.59 Å². The molecule has 1 heterocycles. The average Bonchev–Trinajstić information content (AvgIpc) is 3.20. The molecular weight excluding hydrogens is 383 g/mol. The molecule has 8 heteroatoms. The largest absolute Gasteiger partial charge is 0.497 e. The molecule has 0 saturated heterocycles. The SMILES string of the molecule is COc1cccc(-c2nc(COC(=O)CNC(=O)c3ccccc3F)cs2)c1. The molecule has 0 radical (unpaired) electrons. The average molecular weight is 400 g/mol. The zero-order valence-electron chi connectivity index (χ0n) is 15.0. The number of methoxy groups -OCH3 is 1. The number of ether oxygens (including phenoxy) is 2. The van der Waals surface area contributed by atoms with E-state index in [0.717, 1.165) is 16.3 Å². The Labute approximate surface area is 164 Å². The highest BCUT2D eigenvalue weighted by atomic mass is 32.1. The van der Waals surface area contributed by atoms with Crippen molar-refractivity contribution in [1.29, 1.82) is 0 Å². The van der Waals surface area contributed by atoms with Crippen LogP contribution in [0, 0.1) is 5.82 Å². The summed E-state index contributed by atoms with van der Waals surface area (Å²) in [7, 11) is 1.59. The third-order valence-electron chi connectivity index (χ3n) is 3.76. The number of aromatic nitrogens is 1. The van der Waals surface area contributed by atoms with Gasteiger partial charge >= 0.3 is 5.97 Å². The first-order chi connectivity index (χ1) is 13.6. The zero-order chi connectivity index (χ0) is 19.9. The van der Waals surface area contributed by atoms with E-state index in [0.29, 0.717) is 5.69 Å². The fourth-order valence-corrected chi connectivity index (χ4v) is 3.16. The van der Waals surface area contributed by atoms with Crippen LogP contribution in [0.3, 0.4) is 0 Å². The van der Waals surface area contributed by atoms with Crippen LogP contribution in [0.4, 0.5) is 4.39 Å². The molecule has 144 valence electrons. The Morgan fingerprint density at radius 2 is 2.00 bits per heavy atom. The molecule has 0 saturated carbocycles. The number of carbonyl (C=O) groups excluding carboxylic acids is 2. The molecule has 0 aliphatic carbocycles. The minimum absolute atomic E-state index is 0.0190. The van der Waals surface area contributed by atoms with Gasteiger partial charge in [-0.05, 0) is 24.3 Å². The van der Waals surface area contributed by atoms with Gasteiger partial charge in [-0.15, -0.1) is 11.3 Å². The van der Waals surface area contributed by atoms with E-state index in [-0.39, 0.29) is 18.7 Å². The minimum atomic E-state index is -0.677. The lowest BCUT2D eigenvalue weighted by molar-refractivity contribution is -0.143. The Balaban J connectivity index is 1.50. The van der Waals surface area contributed by atoms with Gasteiger partial charge in [-0.2, -0.15) is 0 Å². The first-order valence-corrected chi connectivity index (χ1v) is 9.22. The number of benzene rings is 2. The van der Waals surface area contributed by atoms with Crippen LogP contribution in [0.25, 0.3) is 10.6 Å². The van der Waals surface area contributed by atoms with Crippen molar-refractivity contribution >= 4 is 23.2 Å². The molecule has 6 nitrogen and oxygen atoms in total. The lowest BCUT2D eigenvalue weighted by Gasteiger charge is -2.06. The summed E-state index contributed by atoms with van der Waals surface area (Å²) in [6.07, 6.45) is 0. The van der Waals surface area contributed by atoms with E-state index in [4.69, 9.17) is 9.47 Å². The molecule has 28 heavy (non-hydrogen) atoms. The van der Waals surface area contributed by atoms with Gasteiger partial charge in [0.2, 0.25) is 0 Å². The molecule has 3 rings (SSSR count). The minimum Gasteiger partial charge on any atom is -0.497 e. The Morgan fingerprint density at radius 3 is 2.79 bits per heavy atom. The van der Waals surface area contributed by atoms with Crippen molar-refractivity contribution in [2.45, 2.75) is 6.61 Å². The molecule has 0 unspecified atom stereocenters. The Morgan fingerprint density at radius 1 is 1.18 bits per heavy atom. The number of hydrogen-bond donors (Lipinski definition) is 1. The molecule has 1 aromatic heterocycles. The summed E-state index contributed by atoms with van der Waals surface area (Å²) < 4.78 is 23.8. The van der Waals surface area contributed by atoms with Gasteiger partial charge in [0.25, 0.3) is 5.91 Å². The number of nitrogens with zero attached hydrogens (tertiary/aromatic N) is 1. The maximum absolute atomic E-state index is 13.5. The number of hydrogen-bond acceptors (Lipinski definition) is 6. The van der Waals surface area contributed by atoms with E-state index in [1.807, 2.05) is 24.3 Å². The van der Waals surface area contributed by atoms with Crippen LogP contribution in [0.5, 0.6) is 5.75 Å². The Bertz CT molecular complexity index is 990. The Kier molecular flexibility index (Phi) is 6.33. The molecule has 0 bridgehead atoms. The number of esters is 1. The number of halogens is 1. The molecule has 0 spiro atoms. The normalized spacial score (nSPS) is 10.4. The van der Waals surface area contributed by atoms with Gasteiger partial charge in [-0.25, -0.2) is 9.37 Å². The molecule has 0 atom stereocenters. The number of nitrogens with one attached hydrogen (secondary N) is 1. The summed E-state index contributed by atoms with van der Waals surface area (Å²) in [6, 6.07) is 13.0. The highest BCUT2D eigenvalue weighted by Gasteiger charge is 2.13. The topological polar surface area (TPSA) is 77.5 Å². The maximum Gasteiger partial charge on any atom is 0.325 e. The molecule has 0 aliphatic heterocycles. The van der Waals surface area contributed by atoms with Gasteiger partial charge in [0.05, 0.1) is 18.4 Å². The van der Waals surface area contributed by atoms with E-state index >= 15 is 0 Å². The predicted octanol–water partition coefficient (Wildman–Crippen LogP) is 3.43. The van der Waals surface area contributed by atoms with Crippen LogP contribution in [0.2, 0.25) is 0 Å². The molecular formula is C20H17FN2O4S. The fraction of sp³-hybridized carbons (Fsp3) is 0.150. The first-order valence-electron chi connectivity index (χ1n) is 8.34. The molecule has 1 amide bonds. The van der Waals surface area contributed by atoms with Crippen LogP contribution < -0.4 is 10.1 Å². The highest BCUT2D eigenvalue weighted by Crippen LogP contribution is 2.27. The third-order valence-corrected chi connectivity index (χ3v) is 4.70. The summed E-state index contributed by atoms with van der Waals surface area (Å²) in [6.45, 7) is -0.380.